The van der Waals surface area contributed by atoms with Crippen LogP contribution < -0.4 is 11.1 Å². The number of esters is 1. The van der Waals surface area contributed by atoms with Crippen molar-refractivity contribution >= 4 is 29.0 Å². The van der Waals surface area contributed by atoms with Gasteiger partial charge in [0.2, 0.25) is 0 Å². The molecule has 1 fully saturated rings. The molecule has 1 aliphatic rings. The summed E-state index contributed by atoms with van der Waals surface area (Å²) in [5, 5.41) is 3.58. The van der Waals surface area contributed by atoms with Crippen LogP contribution in [0.15, 0.2) is 24.5 Å². The summed E-state index contributed by atoms with van der Waals surface area (Å²) in [4.78, 5) is 18.0. The molecule has 2 heterocycles. The van der Waals surface area contributed by atoms with Crippen LogP contribution in [0.1, 0.15) is 27.2 Å². The van der Waals surface area contributed by atoms with Gasteiger partial charge in [0.15, 0.2) is 5.11 Å². The number of pyridine rings is 1. The highest BCUT2D eigenvalue weighted by Gasteiger charge is 2.39. The molecule has 1 aromatic heterocycles. The van der Waals surface area contributed by atoms with Crippen molar-refractivity contribution < 1.29 is 9.53 Å². The third-order valence-electron chi connectivity index (χ3n) is 3.34. The molecule has 0 spiro atoms. The van der Waals surface area contributed by atoms with E-state index in [-0.39, 0.29) is 11.9 Å². The predicted octanol–water partition coefficient (Wildman–Crippen LogP) is 1.73. The van der Waals surface area contributed by atoms with Crippen LogP contribution in [-0.4, -0.2) is 39.3 Å². The highest BCUT2D eigenvalue weighted by atomic mass is 32.1. The quantitative estimate of drug-likeness (QED) is 0.634. The Labute approximate surface area is 136 Å². The van der Waals surface area contributed by atoms with Gasteiger partial charge in [0.05, 0.1) is 24.0 Å². The standard InChI is InChI=1S/C15H22N4O2S/c1-15(2,3)21-13(20)11-6-8-19(12(11)16)14(22)18-10-5-4-7-17-9-10/h4-5,7,9,11-12H,6,8,16H2,1-3H3,(H,18,22). The first-order valence-electron chi connectivity index (χ1n) is 7.24. The molecule has 2 rings (SSSR count). The number of carbonyl (C=O) groups excluding carboxylic acids is 1. The zero-order valence-electron chi connectivity index (χ0n) is 13.1. The van der Waals surface area contributed by atoms with Crippen LogP contribution in [0.5, 0.6) is 0 Å². The van der Waals surface area contributed by atoms with Crippen LogP contribution in [0, 0.1) is 5.92 Å². The summed E-state index contributed by atoms with van der Waals surface area (Å²) in [6, 6.07) is 3.69. The fraction of sp³-hybridized carbons (Fsp3) is 0.533. The molecule has 1 saturated heterocycles. The third kappa shape index (κ3) is 4.14. The Kier molecular flexibility index (Phi) is 4.97. The zero-order chi connectivity index (χ0) is 16.3. The summed E-state index contributed by atoms with van der Waals surface area (Å²) in [5.41, 5.74) is 6.46. The minimum Gasteiger partial charge on any atom is -0.460 e. The number of nitrogens with one attached hydrogen (secondary N) is 1. The SMILES string of the molecule is CC(C)(C)OC(=O)C1CCN(C(=S)Nc2cccnc2)C1N. The van der Waals surface area contributed by atoms with Crippen molar-refractivity contribution in [3.05, 3.63) is 24.5 Å². The molecule has 2 atom stereocenters. The maximum absolute atomic E-state index is 12.2. The summed E-state index contributed by atoms with van der Waals surface area (Å²) in [7, 11) is 0. The molecule has 7 heteroatoms. The highest BCUT2D eigenvalue weighted by molar-refractivity contribution is 7.80. The number of likely N-dealkylation sites (tertiary alicyclic amines) is 1. The molecule has 0 bridgehead atoms. The van der Waals surface area contributed by atoms with Crippen molar-refractivity contribution in [1.29, 1.82) is 0 Å². The Hall–Kier alpha value is -1.73. The molecular formula is C15H22N4O2S. The number of nitrogens with two attached hydrogens (primary N) is 1. The van der Waals surface area contributed by atoms with E-state index in [0.29, 0.717) is 18.1 Å². The van der Waals surface area contributed by atoms with E-state index in [1.165, 1.54) is 0 Å². The van der Waals surface area contributed by atoms with E-state index in [1.807, 2.05) is 37.8 Å². The Morgan fingerprint density at radius 2 is 2.27 bits per heavy atom. The number of aromatic nitrogens is 1. The second-order valence-corrected chi connectivity index (χ2v) is 6.67. The van der Waals surface area contributed by atoms with Crippen LogP contribution in [-0.2, 0) is 9.53 Å². The number of ether oxygens (including phenoxy) is 1. The largest absolute Gasteiger partial charge is 0.460 e. The fourth-order valence-corrected chi connectivity index (χ4v) is 2.65. The molecule has 22 heavy (non-hydrogen) atoms. The van der Waals surface area contributed by atoms with Gasteiger partial charge >= 0.3 is 5.97 Å². The van der Waals surface area contributed by atoms with Gasteiger partial charge < -0.3 is 20.7 Å². The lowest BCUT2D eigenvalue weighted by Gasteiger charge is -2.28. The molecule has 0 aliphatic carbocycles. The lowest BCUT2D eigenvalue weighted by molar-refractivity contribution is -0.160. The van der Waals surface area contributed by atoms with Gasteiger partial charge in [-0.15, -0.1) is 0 Å². The molecule has 2 unspecified atom stereocenters. The molecule has 0 aromatic carbocycles. The summed E-state index contributed by atoms with van der Waals surface area (Å²) < 4.78 is 5.42. The fourth-order valence-electron chi connectivity index (χ4n) is 2.32. The number of hydrogen-bond acceptors (Lipinski definition) is 5. The smallest absolute Gasteiger partial charge is 0.313 e. The Morgan fingerprint density at radius 1 is 1.55 bits per heavy atom. The molecule has 0 amide bonds. The first kappa shape index (κ1) is 16.6. The summed E-state index contributed by atoms with van der Waals surface area (Å²) in [6.45, 7) is 6.16. The molecule has 6 nitrogen and oxygen atoms in total. The van der Waals surface area contributed by atoms with Gasteiger partial charge in [0.1, 0.15) is 5.60 Å². The monoisotopic (exact) mass is 322 g/mol. The number of nitrogens with zero attached hydrogens (tertiary/aromatic N) is 2. The lowest BCUT2D eigenvalue weighted by atomic mass is 10.1. The van der Waals surface area contributed by atoms with Gasteiger partial charge in [0, 0.05) is 12.7 Å². The summed E-state index contributed by atoms with van der Waals surface area (Å²) in [6.07, 6.45) is 3.52. The zero-order valence-corrected chi connectivity index (χ0v) is 13.9. The summed E-state index contributed by atoms with van der Waals surface area (Å²) >= 11 is 5.38. The molecule has 120 valence electrons. The van der Waals surface area contributed by atoms with Crippen molar-refractivity contribution in [2.45, 2.75) is 39.0 Å². The number of hydrogen-bond donors (Lipinski definition) is 2. The average Bonchev–Trinajstić information content (AvgIpc) is 2.80. The Balaban J connectivity index is 1.97. The van der Waals surface area contributed by atoms with E-state index < -0.39 is 11.8 Å². The van der Waals surface area contributed by atoms with Crippen LogP contribution in [0.4, 0.5) is 5.69 Å². The molecule has 1 aliphatic heterocycles. The van der Waals surface area contributed by atoms with Crippen molar-refractivity contribution in [1.82, 2.24) is 9.88 Å². The Morgan fingerprint density at radius 3 is 2.86 bits per heavy atom. The number of rotatable bonds is 2. The normalized spacial score (nSPS) is 21.5. The van der Waals surface area contributed by atoms with Crippen LogP contribution in [0.3, 0.4) is 0 Å². The van der Waals surface area contributed by atoms with E-state index in [1.54, 1.807) is 12.4 Å². The first-order valence-corrected chi connectivity index (χ1v) is 7.65. The minimum absolute atomic E-state index is 0.272. The Bertz CT molecular complexity index is 544. The van der Waals surface area contributed by atoms with Gasteiger partial charge in [-0.2, -0.15) is 0 Å². The first-order chi connectivity index (χ1) is 10.3. The van der Waals surface area contributed by atoms with Crippen molar-refractivity contribution in [3.8, 4) is 0 Å². The van der Waals surface area contributed by atoms with Crippen LogP contribution in [0.2, 0.25) is 0 Å². The van der Waals surface area contributed by atoms with Gasteiger partial charge in [-0.05, 0) is 51.5 Å². The van der Waals surface area contributed by atoms with Gasteiger partial charge in [0.25, 0.3) is 0 Å². The number of anilines is 1. The number of carbonyl (C=O) groups is 1. The summed E-state index contributed by atoms with van der Waals surface area (Å²) in [5.74, 6) is -0.639. The molecule has 0 saturated carbocycles. The van der Waals surface area contributed by atoms with Gasteiger partial charge in [-0.1, -0.05) is 0 Å². The van der Waals surface area contributed by atoms with E-state index in [2.05, 4.69) is 10.3 Å². The van der Waals surface area contributed by atoms with Crippen molar-refractivity contribution in [3.63, 3.8) is 0 Å². The average molecular weight is 322 g/mol. The maximum Gasteiger partial charge on any atom is 0.313 e. The topological polar surface area (TPSA) is 80.5 Å². The van der Waals surface area contributed by atoms with Crippen molar-refractivity contribution in [2.75, 3.05) is 11.9 Å². The molecule has 1 aromatic rings. The lowest BCUT2D eigenvalue weighted by Crippen LogP contribution is -2.48. The van der Waals surface area contributed by atoms with Gasteiger partial charge in [-0.3, -0.25) is 9.78 Å². The van der Waals surface area contributed by atoms with E-state index >= 15 is 0 Å². The van der Waals surface area contributed by atoms with Gasteiger partial charge in [-0.25, -0.2) is 0 Å². The van der Waals surface area contributed by atoms with Crippen molar-refractivity contribution in [2.24, 2.45) is 11.7 Å². The van der Waals surface area contributed by atoms with E-state index in [9.17, 15) is 4.79 Å². The molecule has 0 radical (unpaired) electrons. The van der Waals surface area contributed by atoms with E-state index in [4.69, 9.17) is 22.7 Å². The van der Waals surface area contributed by atoms with Crippen LogP contribution >= 0.6 is 12.2 Å². The molecular weight excluding hydrogens is 300 g/mol. The second-order valence-electron chi connectivity index (χ2n) is 6.28. The number of thiocarbonyl (C=S) groups is 1. The molecule has 3 N–H and O–H groups in total. The second kappa shape index (κ2) is 6.58. The third-order valence-corrected chi connectivity index (χ3v) is 3.67. The maximum atomic E-state index is 12.2. The van der Waals surface area contributed by atoms with E-state index in [0.717, 1.165) is 5.69 Å². The minimum atomic E-state index is -0.515. The van der Waals surface area contributed by atoms with Crippen LogP contribution in [0.25, 0.3) is 0 Å². The predicted molar refractivity (Wildman–Crippen MR) is 89.1 cm³/mol. The highest BCUT2D eigenvalue weighted by Crippen LogP contribution is 2.25.